The molecule has 592 valence electrons. The van der Waals surface area contributed by atoms with Crippen molar-refractivity contribution in [3.8, 4) is 40.0 Å². The van der Waals surface area contributed by atoms with Gasteiger partial charge in [-0.25, -0.2) is 4.79 Å². The molecule has 0 radical (unpaired) electrons. The Morgan fingerprint density at radius 3 is 1.28 bits per heavy atom. The van der Waals surface area contributed by atoms with Crippen molar-refractivity contribution in [1.82, 2.24) is 31.4 Å². The number of benzene rings is 9. The molecule has 0 bridgehead atoms. The zero-order chi connectivity index (χ0) is 80.3. The summed E-state index contributed by atoms with van der Waals surface area (Å²) in [5, 5.41) is 70.7. The van der Waals surface area contributed by atoms with Crippen LogP contribution < -0.4 is 20.7 Å². The number of hydrogen-bond donors (Lipinski definition) is 8. The van der Waals surface area contributed by atoms with Crippen LogP contribution in [-0.2, 0) is 73.7 Å². The normalized spacial score (nSPS) is 11.5. The van der Waals surface area contributed by atoms with Crippen molar-refractivity contribution in [3.63, 3.8) is 0 Å². The Morgan fingerprint density at radius 1 is 0.456 bits per heavy atom. The molecule has 0 saturated heterocycles. The second-order valence-corrected chi connectivity index (χ2v) is 29.1. The van der Waals surface area contributed by atoms with Crippen molar-refractivity contribution in [2.45, 2.75) is 113 Å². The van der Waals surface area contributed by atoms with Crippen LogP contribution in [0.15, 0.2) is 207 Å². The fourth-order valence-corrected chi connectivity index (χ4v) is 14.4. The van der Waals surface area contributed by atoms with Crippen molar-refractivity contribution >= 4 is 118 Å². The number of para-hydroxylation sites is 1. The minimum Gasteiger partial charge on any atom is -0.506 e. The highest BCUT2D eigenvalue weighted by atomic mass is 79.9. The number of phenols is 3. The molecule has 3 heterocycles. The third-order valence-corrected chi connectivity index (χ3v) is 19.9. The van der Waals surface area contributed by atoms with E-state index in [2.05, 4.69) is 95.1 Å². The molecule has 0 aliphatic carbocycles. The molecule has 3 amide bonds. The Morgan fingerprint density at radius 2 is 0.842 bits per heavy atom. The maximum atomic E-state index is 14.3. The lowest BCUT2D eigenvalue weighted by Crippen LogP contribution is -2.39. The summed E-state index contributed by atoms with van der Waals surface area (Å²) in [6, 6.07) is 54.1. The first kappa shape index (κ1) is 87.8. The van der Waals surface area contributed by atoms with E-state index >= 15 is 0 Å². The van der Waals surface area contributed by atoms with Crippen LogP contribution in [0.5, 0.6) is 28.7 Å². The van der Waals surface area contributed by atoms with Crippen LogP contribution in [-0.4, -0.2) is 103 Å². The summed E-state index contributed by atoms with van der Waals surface area (Å²) in [5.41, 5.74) is 9.65. The molecule has 0 aliphatic rings. The van der Waals surface area contributed by atoms with Gasteiger partial charge < -0.3 is 74.0 Å². The highest BCUT2D eigenvalue weighted by Crippen LogP contribution is 2.42. The molecule has 9 aromatic carbocycles. The Labute approximate surface area is 689 Å². The first-order valence-corrected chi connectivity index (χ1v) is 37.5. The van der Waals surface area contributed by atoms with Gasteiger partial charge in [0.25, 0.3) is 37.1 Å². The van der Waals surface area contributed by atoms with Crippen molar-refractivity contribution in [1.29, 1.82) is 0 Å². The van der Waals surface area contributed by atoms with Crippen LogP contribution >= 0.6 is 63.7 Å². The van der Waals surface area contributed by atoms with Gasteiger partial charge >= 0.3 is 5.97 Å². The molecule has 3 aromatic heterocycles. The van der Waals surface area contributed by atoms with Crippen molar-refractivity contribution in [2.24, 2.45) is 0 Å². The van der Waals surface area contributed by atoms with Crippen molar-refractivity contribution in [2.75, 3.05) is 0 Å². The molecule has 3 atom stereocenters. The number of carbonyl (C=O) groups excluding carboxylic acids is 6. The molecule has 0 saturated carbocycles. The van der Waals surface area contributed by atoms with E-state index in [4.69, 9.17) is 32.5 Å². The SMILES string of the molecule is C.C.Cc1ccc(Cc2onc(-c3c(Oc4ccccc4)ccc4ccccc34)c2C(=O)N[C@@H](Cc2cc(Br)c(O)c(Br)c2)OC=O)cc1.Cc1ccc(Cc2onc(C(=O)O)c2C(=O)N[C@@H](Cc2cc(C)c(O)c(Br)c2)OC=O)cc1.Cc1ccc(Cc2onc(CO)c2C(=O)N[C@@H](Cc2cc(C)c(O)c(Br)c2)OC=O)cc1. The summed E-state index contributed by atoms with van der Waals surface area (Å²) in [6.07, 6.45) is -2.04. The maximum absolute atomic E-state index is 14.3. The minimum atomic E-state index is -1.43. The molecular formula is C85H80Br4N6O19. The number of carboxylic acids is 1. The number of aryl methyl sites for hydroxylation is 5. The molecule has 0 unspecified atom stereocenters. The summed E-state index contributed by atoms with van der Waals surface area (Å²) in [7, 11) is 0. The van der Waals surface area contributed by atoms with Gasteiger partial charge in [0.15, 0.2) is 36.0 Å². The zero-order valence-corrected chi connectivity index (χ0v) is 66.8. The zero-order valence-electron chi connectivity index (χ0n) is 60.5. The van der Waals surface area contributed by atoms with Crippen LogP contribution in [0.1, 0.15) is 141 Å². The van der Waals surface area contributed by atoms with Crippen molar-refractivity contribution < 1.29 is 91.6 Å². The quantitative estimate of drug-likeness (QED) is 0.0123. The van der Waals surface area contributed by atoms with Gasteiger partial charge in [0.2, 0.25) is 5.69 Å². The summed E-state index contributed by atoms with van der Waals surface area (Å²) in [4.78, 5) is 85.7. The number of nitrogens with zero attached hydrogens (tertiary/aromatic N) is 3. The number of aromatic hydroxyl groups is 3. The maximum Gasteiger partial charge on any atom is 0.358 e. The Bertz CT molecular complexity index is 5320. The number of aliphatic hydroxyl groups is 1. The monoisotopic (exact) mass is 1800 g/mol. The van der Waals surface area contributed by atoms with Gasteiger partial charge in [-0.3, -0.25) is 28.8 Å². The first-order valence-electron chi connectivity index (χ1n) is 34.3. The third-order valence-electron chi connectivity index (χ3n) is 17.5. The average molecular weight is 1810 g/mol. The average Bonchev–Trinajstić information content (AvgIpc) is 1.50. The molecule has 0 aliphatic heterocycles. The van der Waals surface area contributed by atoms with Crippen LogP contribution in [0.2, 0.25) is 0 Å². The van der Waals surface area contributed by atoms with E-state index in [-0.39, 0.29) is 117 Å². The second-order valence-electron chi connectivity index (χ2n) is 25.7. The molecule has 0 fully saturated rings. The molecule has 25 nitrogen and oxygen atoms in total. The molecule has 12 aromatic rings. The first-order chi connectivity index (χ1) is 53.8. The number of aromatic carboxylic acids is 1. The number of carboxylic acid groups (broad SMARTS) is 1. The molecule has 29 heteroatoms. The number of amides is 3. The number of hydrogen-bond acceptors (Lipinski definition) is 21. The van der Waals surface area contributed by atoms with Gasteiger partial charge in [-0.05, 0) is 196 Å². The number of aromatic nitrogens is 3. The van der Waals surface area contributed by atoms with Gasteiger partial charge in [0.05, 0.1) is 30.1 Å². The van der Waals surface area contributed by atoms with Crippen LogP contribution in [0.25, 0.3) is 22.0 Å². The van der Waals surface area contributed by atoms with E-state index in [0.717, 1.165) is 49.7 Å². The predicted octanol–water partition coefficient (Wildman–Crippen LogP) is 17.0. The van der Waals surface area contributed by atoms with E-state index in [0.29, 0.717) is 75.1 Å². The fraction of sp³-hybridized carbons (Fsp3) is 0.200. The smallest absolute Gasteiger partial charge is 0.358 e. The number of carbonyl (C=O) groups is 7. The predicted molar refractivity (Wildman–Crippen MR) is 438 cm³/mol. The Kier molecular flexibility index (Phi) is 31.7. The van der Waals surface area contributed by atoms with Crippen LogP contribution in [0.3, 0.4) is 0 Å². The number of halogens is 4. The Balaban J connectivity index is 0.000000218. The number of rotatable bonds is 29. The Hall–Kier alpha value is -11.8. The number of phenolic OH excluding ortho intramolecular Hbond substituents is 3. The summed E-state index contributed by atoms with van der Waals surface area (Å²) < 4.78 is 40.1. The lowest BCUT2D eigenvalue weighted by Gasteiger charge is -2.18. The third kappa shape index (κ3) is 22.8. The summed E-state index contributed by atoms with van der Waals surface area (Å²) in [5.74, 6) is -1.35. The van der Waals surface area contributed by atoms with E-state index in [9.17, 15) is 59.1 Å². The topological polar surface area (TPSA) is 372 Å². The highest BCUT2D eigenvalue weighted by molar-refractivity contribution is 9.11. The second kappa shape index (κ2) is 41.1. The van der Waals surface area contributed by atoms with E-state index in [1.165, 1.54) is 0 Å². The molecule has 114 heavy (non-hydrogen) atoms. The molecular weight excluding hydrogens is 1730 g/mol. The number of ether oxygens (including phenoxy) is 4. The van der Waals surface area contributed by atoms with E-state index in [1.807, 2.05) is 160 Å². The van der Waals surface area contributed by atoms with E-state index < -0.39 is 54.7 Å². The standard InChI is InChI=1S/C37H28Br2N2O6.C23H21BrN2O7.C23H23BrN2O6.2CH4/c1-22-11-13-23(14-12-22)19-31-34(37(44)40-32(45-21-42)20-24-17-28(38)36(43)29(39)18-24)35(41-47-31)33-27-10-6-5-7-25(27)15-16-30(33)46-26-8-3-2-4-9-26;1-12-3-5-14(6-4-12)9-17-19(20(23(30)31)26-33-17)22(29)25-18(32-11-27)10-15-7-13(2)21(28)16(24)8-15;1-13-3-5-15(6-4-13)9-19-21(18(11-27)26-32-19)23(30)25-20(31-12-28)10-16-7-14(2)22(29)17(24)8-16;;/h2-18,21,32,43H,19-20H2,1H3,(H,40,44);3-8,11,18,28H,9-10H2,1-2H3,(H,25,29)(H,30,31);3-8,12,20,27,29H,9-11H2,1-2H3,(H,25,30);2*1H4/t32-;18-;20-;;/m111../s1. The number of fused-ring (bicyclic) bond motifs is 1. The van der Waals surface area contributed by atoms with E-state index in [1.54, 1.807) is 50.2 Å². The molecule has 12 rings (SSSR count). The van der Waals surface area contributed by atoms with Gasteiger partial charge in [0, 0.05) is 38.5 Å². The van der Waals surface area contributed by atoms with Crippen LogP contribution in [0.4, 0.5) is 0 Å². The van der Waals surface area contributed by atoms with Gasteiger partial charge in [-0.1, -0.05) is 180 Å². The fourth-order valence-electron chi connectivity index (χ4n) is 11.9. The summed E-state index contributed by atoms with van der Waals surface area (Å²) in [6.45, 7) is 9.58. The van der Waals surface area contributed by atoms with Gasteiger partial charge in [-0.15, -0.1) is 0 Å². The number of nitrogens with one attached hydrogen (secondary N) is 3. The largest absolute Gasteiger partial charge is 0.506 e. The lowest BCUT2D eigenvalue weighted by atomic mass is 9.96. The highest BCUT2D eigenvalue weighted by Gasteiger charge is 2.33. The number of aliphatic hydroxyl groups excluding tert-OH is 1. The van der Waals surface area contributed by atoms with Gasteiger partial charge in [0.1, 0.15) is 56.8 Å². The molecule has 8 N–H and O–H groups in total. The van der Waals surface area contributed by atoms with Crippen LogP contribution in [0, 0.1) is 34.6 Å². The minimum absolute atomic E-state index is 0. The summed E-state index contributed by atoms with van der Waals surface area (Å²) >= 11 is 13.2. The van der Waals surface area contributed by atoms with Crippen molar-refractivity contribution in [3.05, 3.63) is 300 Å². The van der Waals surface area contributed by atoms with Gasteiger partial charge in [-0.2, -0.15) is 0 Å². The lowest BCUT2D eigenvalue weighted by molar-refractivity contribution is -0.135. The molecule has 0 spiro atoms.